The summed E-state index contributed by atoms with van der Waals surface area (Å²) in [6.07, 6.45) is 1.40. The van der Waals surface area contributed by atoms with Crippen molar-refractivity contribution in [1.82, 2.24) is 4.98 Å². The third kappa shape index (κ3) is 5.36. The average Bonchev–Trinajstić information content (AvgIpc) is 2.84. The summed E-state index contributed by atoms with van der Waals surface area (Å²) < 4.78 is 0. The molecular formula is C27H30N4O3. The Balaban J connectivity index is 1.35. The number of aromatic nitrogens is 1. The van der Waals surface area contributed by atoms with Gasteiger partial charge in [0.1, 0.15) is 5.82 Å². The van der Waals surface area contributed by atoms with E-state index in [0.29, 0.717) is 5.56 Å². The highest BCUT2D eigenvalue weighted by molar-refractivity contribution is 6.04. The molecule has 2 N–H and O–H groups in total. The topological polar surface area (TPSA) is 85.8 Å². The van der Waals surface area contributed by atoms with Gasteiger partial charge in [0.05, 0.1) is 5.56 Å². The summed E-state index contributed by atoms with van der Waals surface area (Å²) in [4.78, 5) is 32.5. The Morgan fingerprint density at radius 3 is 2.12 bits per heavy atom. The third-order valence-corrected chi connectivity index (χ3v) is 6.08. The number of hydrogen-bond donors (Lipinski definition) is 2. The molecule has 4 rings (SSSR count). The number of rotatable bonds is 5. The Morgan fingerprint density at radius 2 is 1.53 bits per heavy atom. The minimum Gasteiger partial charge on any atom is -0.478 e. The summed E-state index contributed by atoms with van der Waals surface area (Å²) in [5.41, 5.74) is 3.86. The summed E-state index contributed by atoms with van der Waals surface area (Å²) in [6.45, 7) is 9.65. The van der Waals surface area contributed by atoms with Crippen LogP contribution in [0.4, 0.5) is 17.2 Å². The van der Waals surface area contributed by atoms with Gasteiger partial charge in [0.2, 0.25) is 0 Å². The molecule has 1 aromatic heterocycles. The van der Waals surface area contributed by atoms with Crippen LogP contribution in [0.1, 0.15) is 47.1 Å². The first kappa shape index (κ1) is 23.3. The highest BCUT2D eigenvalue weighted by atomic mass is 16.4. The van der Waals surface area contributed by atoms with Crippen LogP contribution in [0.5, 0.6) is 0 Å². The van der Waals surface area contributed by atoms with Gasteiger partial charge in [-0.3, -0.25) is 4.79 Å². The normalized spacial score (nSPS) is 14.1. The SMILES string of the molecule is CC(C)(C)c1cccc(NC(=O)c2ccc(N3CCN(c4ccc(C(=O)O)cn4)CC3)cc2)c1. The maximum absolute atomic E-state index is 12.8. The molecule has 34 heavy (non-hydrogen) atoms. The lowest BCUT2D eigenvalue weighted by molar-refractivity contribution is 0.0696. The Bertz CT molecular complexity index is 1160. The van der Waals surface area contributed by atoms with E-state index in [0.717, 1.165) is 43.4 Å². The van der Waals surface area contributed by atoms with Gasteiger partial charge >= 0.3 is 5.97 Å². The van der Waals surface area contributed by atoms with Gasteiger partial charge in [-0.2, -0.15) is 0 Å². The number of nitrogens with one attached hydrogen (secondary N) is 1. The summed E-state index contributed by atoms with van der Waals surface area (Å²) in [7, 11) is 0. The van der Waals surface area contributed by atoms with Gasteiger partial charge in [0, 0.05) is 49.3 Å². The molecule has 1 saturated heterocycles. The first-order valence-corrected chi connectivity index (χ1v) is 11.4. The number of carboxylic acid groups (broad SMARTS) is 1. The van der Waals surface area contributed by atoms with E-state index in [9.17, 15) is 9.59 Å². The van der Waals surface area contributed by atoms with Crippen molar-refractivity contribution >= 4 is 29.1 Å². The van der Waals surface area contributed by atoms with Crippen LogP contribution in [0.2, 0.25) is 0 Å². The fraction of sp³-hybridized carbons (Fsp3) is 0.296. The lowest BCUT2D eigenvalue weighted by Crippen LogP contribution is -2.46. The fourth-order valence-electron chi connectivity index (χ4n) is 3.98. The molecule has 1 amide bonds. The summed E-state index contributed by atoms with van der Waals surface area (Å²) in [6, 6.07) is 19.0. The van der Waals surface area contributed by atoms with Gasteiger partial charge in [0.25, 0.3) is 5.91 Å². The Morgan fingerprint density at radius 1 is 0.882 bits per heavy atom. The van der Waals surface area contributed by atoms with E-state index >= 15 is 0 Å². The van der Waals surface area contributed by atoms with Crippen LogP contribution in [-0.4, -0.2) is 48.1 Å². The molecule has 176 valence electrons. The molecule has 2 heterocycles. The van der Waals surface area contributed by atoms with E-state index in [4.69, 9.17) is 5.11 Å². The monoisotopic (exact) mass is 458 g/mol. The van der Waals surface area contributed by atoms with E-state index in [1.54, 1.807) is 12.1 Å². The van der Waals surface area contributed by atoms with Gasteiger partial charge < -0.3 is 20.2 Å². The van der Waals surface area contributed by atoms with Gasteiger partial charge in [-0.05, 0) is 59.5 Å². The van der Waals surface area contributed by atoms with Gasteiger partial charge in [-0.15, -0.1) is 0 Å². The number of carbonyl (C=O) groups excluding carboxylic acids is 1. The second kappa shape index (κ2) is 9.55. The molecule has 3 aromatic rings. The fourth-order valence-corrected chi connectivity index (χ4v) is 3.98. The van der Waals surface area contributed by atoms with Crippen LogP contribution in [0.25, 0.3) is 0 Å². The van der Waals surface area contributed by atoms with E-state index < -0.39 is 5.97 Å². The molecule has 0 spiro atoms. The number of carboxylic acids is 1. The summed E-state index contributed by atoms with van der Waals surface area (Å²) in [5.74, 6) is -0.315. The zero-order chi connectivity index (χ0) is 24.3. The Labute approximate surface area is 200 Å². The molecule has 1 aliphatic rings. The number of anilines is 3. The van der Waals surface area contributed by atoms with Crippen LogP contribution in [0, 0.1) is 0 Å². The number of carbonyl (C=O) groups is 2. The second-order valence-corrected chi connectivity index (χ2v) is 9.52. The van der Waals surface area contributed by atoms with Crippen molar-refractivity contribution in [2.75, 3.05) is 41.3 Å². The zero-order valence-corrected chi connectivity index (χ0v) is 19.8. The first-order chi connectivity index (χ1) is 16.2. The zero-order valence-electron chi connectivity index (χ0n) is 19.8. The quantitative estimate of drug-likeness (QED) is 0.579. The minimum absolute atomic E-state index is 0.0182. The van der Waals surface area contributed by atoms with E-state index in [-0.39, 0.29) is 16.9 Å². The van der Waals surface area contributed by atoms with E-state index in [1.807, 2.05) is 42.5 Å². The molecule has 7 heteroatoms. The van der Waals surface area contributed by atoms with Crippen LogP contribution in [0.15, 0.2) is 66.9 Å². The van der Waals surface area contributed by atoms with Crippen molar-refractivity contribution in [2.24, 2.45) is 0 Å². The molecule has 2 aromatic carbocycles. The number of nitrogens with zero attached hydrogens (tertiary/aromatic N) is 3. The molecular weight excluding hydrogens is 428 g/mol. The van der Waals surface area contributed by atoms with Crippen LogP contribution in [0.3, 0.4) is 0 Å². The highest BCUT2D eigenvalue weighted by Crippen LogP contribution is 2.25. The maximum atomic E-state index is 12.8. The Hall–Kier alpha value is -3.87. The number of pyridine rings is 1. The molecule has 0 saturated carbocycles. The number of aromatic carboxylic acids is 1. The van der Waals surface area contributed by atoms with Crippen LogP contribution in [-0.2, 0) is 5.41 Å². The standard InChI is InChI=1S/C27H30N4O3/c1-27(2,3)21-5-4-6-22(17-21)29-25(32)19-7-10-23(11-8-19)30-13-15-31(16-14-30)24-12-9-20(18-28-24)26(33)34/h4-12,17-18H,13-16H2,1-3H3,(H,29,32)(H,33,34). The van der Waals surface area contributed by atoms with Gasteiger partial charge in [-0.1, -0.05) is 32.9 Å². The molecule has 0 aliphatic carbocycles. The first-order valence-electron chi connectivity index (χ1n) is 11.4. The minimum atomic E-state index is -0.973. The van der Waals surface area contributed by atoms with Crippen molar-refractivity contribution in [1.29, 1.82) is 0 Å². The predicted molar refractivity (Wildman–Crippen MR) is 135 cm³/mol. The van der Waals surface area contributed by atoms with Crippen molar-refractivity contribution in [3.8, 4) is 0 Å². The number of hydrogen-bond acceptors (Lipinski definition) is 5. The van der Waals surface area contributed by atoms with Crippen molar-refractivity contribution in [3.05, 3.63) is 83.6 Å². The molecule has 7 nitrogen and oxygen atoms in total. The number of piperazine rings is 1. The van der Waals surface area contributed by atoms with E-state index in [2.05, 4.69) is 46.9 Å². The van der Waals surface area contributed by atoms with Crippen molar-refractivity contribution in [3.63, 3.8) is 0 Å². The van der Waals surface area contributed by atoms with Gasteiger partial charge in [-0.25, -0.2) is 9.78 Å². The smallest absolute Gasteiger partial charge is 0.337 e. The average molecular weight is 459 g/mol. The predicted octanol–water partition coefficient (Wildman–Crippen LogP) is 4.66. The third-order valence-electron chi connectivity index (χ3n) is 6.08. The molecule has 0 atom stereocenters. The summed E-state index contributed by atoms with van der Waals surface area (Å²) >= 11 is 0. The molecule has 0 radical (unpaired) electrons. The van der Waals surface area contributed by atoms with Crippen LogP contribution >= 0.6 is 0 Å². The molecule has 0 unspecified atom stereocenters. The number of amides is 1. The van der Waals surface area contributed by atoms with Crippen molar-refractivity contribution < 1.29 is 14.7 Å². The molecule has 1 fully saturated rings. The highest BCUT2D eigenvalue weighted by Gasteiger charge is 2.19. The molecule has 0 bridgehead atoms. The summed E-state index contributed by atoms with van der Waals surface area (Å²) in [5, 5.41) is 12.0. The van der Waals surface area contributed by atoms with Crippen molar-refractivity contribution in [2.45, 2.75) is 26.2 Å². The lowest BCUT2D eigenvalue weighted by atomic mass is 9.87. The molecule has 1 aliphatic heterocycles. The van der Waals surface area contributed by atoms with Crippen LogP contribution < -0.4 is 15.1 Å². The maximum Gasteiger partial charge on any atom is 0.337 e. The van der Waals surface area contributed by atoms with E-state index in [1.165, 1.54) is 11.8 Å². The number of benzene rings is 2. The Kier molecular flexibility index (Phi) is 6.54. The second-order valence-electron chi connectivity index (χ2n) is 9.52. The lowest BCUT2D eigenvalue weighted by Gasteiger charge is -2.36. The largest absolute Gasteiger partial charge is 0.478 e. The van der Waals surface area contributed by atoms with Gasteiger partial charge in [0.15, 0.2) is 0 Å².